The smallest absolute Gasteiger partial charge is 0.241 e. The maximum Gasteiger partial charge on any atom is 0.241 e. The van der Waals surface area contributed by atoms with E-state index in [1.807, 2.05) is 0 Å². The third-order valence-corrected chi connectivity index (χ3v) is 5.03. The Morgan fingerprint density at radius 3 is 2.42 bits per heavy atom. The molecule has 1 aromatic rings. The normalized spacial score (nSPS) is 12.8. The summed E-state index contributed by atoms with van der Waals surface area (Å²) in [4.78, 5) is 4.21. The van der Waals surface area contributed by atoms with Gasteiger partial charge in [-0.15, -0.1) is 0 Å². The summed E-state index contributed by atoms with van der Waals surface area (Å²) in [5, 5.41) is 3.40. The Hall–Kier alpha value is -0.950. The first-order chi connectivity index (χ1) is 8.73. The molecule has 0 N–H and O–H groups in total. The fraction of sp³-hybridized carbons (Fsp3) is 0.833. The van der Waals surface area contributed by atoms with Gasteiger partial charge in [-0.25, -0.2) is 8.42 Å². The quantitative estimate of drug-likeness (QED) is 0.765. The zero-order valence-corrected chi connectivity index (χ0v) is 13.1. The second-order valence-corrected chi connectivity index (χ2v) is 7.98. The van der Waals surface area contributed by atoms with Gasteiger partial charge in [0.2, 0.25) is 15.9 Å². The molecule has 19 heavy (non-hydrogen) atoms. The number of nitrogens with zero attached hydrogens (tertiary/aromatic N) is 3. The number of hydrogen-bond donors (Lipinski definition) is 0. The summed E-state index contributed by atoms with van der Waals surface area (Å²) in [6.45, 7) is 7.67. The van der Waals surface area contributed by atoms with Crippen molar-refractivity contribution in [1.29, 1.82) is 0 Å². The van der Waals surface area contributed by atoms with Crippen LogP contribution in [0.25, 0.3) is 0 Å². The Morgan fingerprint density at radius 2 is 1.89 bits per heavy atom. The van der Waals surface area contributed by atoms with Crippen molar-refractivity contribution in [3.63, 3.8) is 0 Å². The monoisotopic (exact) mass is 289 g/mol. The molecule has 0 unspecified atom stereocenters. The van der Waals surface area contributed by atoms with E-state index in [0.717, 1.165) is 12.8 Å². The van der Waals surface area contributed by atoms with Crippen molar-refractivity contribution in [2.75, 3.05) is 7.05 Å². The van der Waals surface area contributed by atoms with Crippen LogP contribution in [-0.2, 0) is 23.0 Å². The van der Waals surface area contributed by atoms with Gasteiger partial charge in [-0.3, -0.25) is 0 Å². The Bertz CT molecular complexity index is 494. The SMILES string of the molecule is CC(C)CCc1noc(CN(C)S(=O)(=O)C(C)C)n1. The van der Waals surface area contributed by atoms with Gasteiger partial charge in [0, 0.05) is 13.5 Å². The van der Waals surface area contributed by atoms with Crippen LogP contribution in [0, 0.1) is 5.92 Å². The predicted molar refractivity (Wildman–Crippen MR) is 73.0 cm³/mol. The van der Waals surface area contributed by atoms with Crippen molar-refractivity contribution in [3.8, 4) is 0 Å². The summed E-state index contributed by atoms with van der Waals surface area (Å²) in [5.74, 6) is 1.55. The molecule has 0 bridgehead atoms. The third kappa shape index (κ3) is 4.58. The minimum absolute atomic E-state index is 0.120. The van der Waals surface area contributed by atoms with E-state index in [2.05, 4.69) is 24.0 Å². The molecular formula is C12H23N3O3S. The van der Waals surface area contributed by atoms with E-state index in [0.29, 0.717) is 17.6 Å². The van der Waals surface area contributed by atoms with Crippen molar-refractivity contribution < 1.29 is 12.9 Å². The van der Waals surface area contributed by atoms with Gasteiger partial charge in [0.05, 0.1) is 11.8 Å². The number of sulfonamides is 1. The molecule has 1 heterocycles. The van der Waals surface area contributed by atoms with E-state index >= 15 is 0 Å². The number of aryl methyl sites for hydroxylation is 1. The van der Waals surface area contributed by atoms with E-state index in [4.69, 9.17) is 4.52 Å². The lowest BCUT2D eigenvalue weighted by atomic mass is 10.1. The molecule has 0 aliphatic heterocycles. The van der Waals surface area contributed by atoms with Gasteiger partial charge in [0.25, 0.3) is 0 Å². The highest BCUT2D eigenvalue weighted by atomic mass is 32.2. The average Bonchev–Trinajstić information content (AvgIpc) is 2.73. The standard InChI is InChI=1S/C12H23N3O3S/c1-9(2)6-7-11-13-12(18-14-11)8-15(5)19(16,17)10(3)4/h9-10H,6-8H2,1-5H3. The van der Waals surface area contributed by atoms with Crippen LogP contribution in [-0.4, -0.2) is 35.2 Å². The van der Waals surface area contributed by atoms with Crippen molar-refractivity contribution in [3.05, 3.63) is 11.7 Å². The molecule has 0 spiro atoms. The van der Waals surface area contributed by atoms with Crippen LogP contribution < -0.4 is 0 Å². The Labute approximate surface area is 115 Å². The maximum atomic E-state index is 11.9. The van der Waals surface area contributed by atoms with E-state index < -0.39 is 15.3 Å². The Balaban J connectivity index is 2.64. The molecule has 0 radical (unpaired) electrons. The van der Waals surface area contributed by atoms with Gasteiger partial charge < -0.3 is 4.52 Å². The van der Waals surface area contributed by atoms with E-state index in [-0.39, 0.29) is 6.54 Å². The topological polar surface area (TPSA) is 76.3 Å². The molecule has 0 atom stereocenters. The first kappa shape index (κ1) is 16.1. The Morgan fingerprint density at radius 1 is 1.26 bits per heavy atom. The minimum Gasteiger partial charge on any atom is -0.338 e. The zero-order chi connectivity index (χ0) is 14.6. The molecule has 0 saturated carbocycles. The molecule has 0 aromatic carbocycles. The first-order valence-corrected chi connectivity index (χ1v) is 8.00. The van der Waals surface area contributed by atoms with Crippen molar-refractivity contribution in [1.82, 2.24) is 14.4 Å². The fourth-order valence-electron chi connectivity index (χ4n) is 1.51. The van der Waals surface area contributed by atoms with Crippen LogP contribution in [0.15, 0.2) is 4.52 Å². The minimum atomic E-state index is -3.29. The van der Waals surface area contributed by atoms with E-state index in [1.165, 1.54) is 11.4 Å². The highest BCUT2D eigenvalue weighted by Gasteiger charge is 2.24. The lowest BCUT2D eigenvalue weighted by Gasteiger charge is -2.17. The summed E-state index contributed by atoms with van der Waals surface area (Å²) >= 11 is 0. The van der Waals surface area contributed by atoms with Gasteiger partial charge in [-0.05, 0) is 26.2 Å². The lowest BCUT2D eigenvalue weighted by Crippen LogP contribution is -2.32. The summed E-state index contributed by atoms with van der Waals surface area (Å²) in [7, 11) is -1.76. The number of rotatable bonds is 7. The molecule has 0 aliphatic rings. The maximum absolute atomic E-state index is 11.9. The van der Waals surface area contributed by atoms with Crippen molar-refractivity contribution in [2.24, 2.45) is 5.92 Å². The molecule has 1 aromatic heterocycles. The lowest BCUT2D eigenvalue weighted by molar-refractivity contribution is 0.332. The zero-order valence-electron chi connectivity index (χ0n) is 12.3. The predicted octanol–water partition coefficient (Wildman–Crippen LogP) is 1.83. The highest BCUT2D eigenvalue weighted by Crippen LogP contribution is 2.11. The van der Waals surface area contributed by atoms with E-state index in [1.54, 1.807) is 13.8 Å². The summed E-state index contributed by atoms with van der Waals surface area (Å²) in [6, 6.07) is 0. The Kier molecular flexibility index (Phi) is 5.49. The van der Waals surface area contributed by atoms with Gasteiger partial charge in [0.1, 0.15) is 0 Å². The van der Waals surface area contributed by atoms with Gasteiger partial charge in [0.15, 0.2) is 5.82 Å². The summed E-state index contributed by atoms with van der Waals surface area (Å²) in [6.07, 6.45) is 1.74. The van der Waals surface area contributed by atoms with Crippen LogP contribution in [0.3, 0.4) is 0 Å². The van der Waals surface area contributed by atoms with Crippen LogP contribution in [0.5, 0.6) is 0 Å². The van der Waals surface area contributed by atoms with Crippen LogP contribution in [0.4, 0.5) is 0 Å². The molecular weight excluding hydrogens is 266 g/mol. The average molecular weight is 289 g/mol. The fourth-order valence-corrected chi connectivity index (χ4v) is 2.52. The van der Waals surface area contributed by atoms with Gasteiger partial charge in [-0.1, -0.05) is 19.0 Å². The molecule has 1 rings (SSSR count). The van der Waals surface area contributed by atoms with Crippen molar-refractivity contribution in [2.45, 2.75) is 52.3 Å². The van der Waals surface area contributed by atoms with Gasteiger partial charge in [-0.2, -0.15) is 9.29 Å². The second-order valence-electron chi connectivity index (χ2n) is 5.39. The molecule has 0 amide bonds. The molecule has 0 fully saturated rings. The van der Waals surface area contributed by atoms with E-state index in [9.17, 15) is 8.42 Å². The van der Waals surface area contributed by atoms with Crippen LogP contribution in [0.2, 0.25) is 0 Å². The number of hydrogen-bond acceptors (Lipinski definition) is 5. The second kappa shape index (κ2) is 6.47. The molecule has 6 nitrogen and oxygen atoms in total. The molecule has 7 heteroatoms. The highest BCUT2D eigenvalue weighted by molar-refractivity contribution is 7.89. The third-order valence-electron chi connectivity index (χ3n) is 2.84. The summed E-state index contributed by atoms with van der Waals surface area (Å²) < 4.78 is 30.1. The summed E-state index contributed by atoms with van der Waals surface area (Å²) in [5.41, 5.74) is 0. The molecule has 0 aliphatic carbocycles. The van der Waals surface area contributed by atoms with Crippen LogP contribution >= 0.6 is 0 Å². The largest absolute Gasteiger partial charge is 0.338 e. The first-order valence-electron chi connectivity index (χ1n) is 6.50. The molecule has 0 saturated heterocycles. The van der Waals surface area contributed by atoms with Crippen molar-refractivity contribution >= 4 is 10.0 Å². The van der Waals surface area contributed by atoms with Crippen LogP contribution in [0.1, 0.15) is 45.8 Å². The molecule has 110 valence electrons. The van der Waals surface area contributed by atoms with Gasteiger partial charge >= 0.3 is 0 Å². The number of aromatic nitrogens is 2.